The lowest BCUT2D eigenvalue weighted by atomic mass is 10.1. The summed E-state index contributed by atoms with van der Waals surface area (Å²) in [5.74, 6) is 0.272. The molecule has 0 atom stereocenters. The first kappa shape index (κ1) is 11.5. The largest absolute Gasteiger partial charge is 0.496 e. The number of methoxy groups -OCH3 is 2. The topological polar surface area (TPSA) is 55.8 Å². The normalized spacial score (nSPS) is 9.80. The van der Waals surface area contributed by atoms with Crippen molar-refractivity contribution in [3.63, 3.8) is 0 Å². The van der Waals surface area contributed by atoms with Crippen LogP contribution in [0.1, 0.15) is 15.9 Å². The number of rotatable bonds is 4. The number of esters is 1. The summed E-state index contributed by atoms with van der Waals surface area (Å²) in [5, 5.41) is 8.85. The Kier molecular flexibility index (Phi) is 4.12. The minimum atomic E-state index is -0.392. The number of aliphatic hydroxyl groups is 1. The lowest BCUT2D eigenvalue weighted by Gasteiger charge is -2.08. The molecule has 82 valence electrons. The quantitative estimate of drug-likeness (QED) is 0.754. The zero-order chi connectivity index (χ0) is 11.3. The summed E-state index contributed by atoms with van der Waals surface area (Å²) in [5.41, 5.74) is 1.25. The van der Waals surface area contributed by atoms with Crippen molar-refractivity contribution in [3.8, 4) is 5.75 Å². The third kappa shape index (κ3) is 2.70. The van der Waals surface area contributed by atoms with E-state index in [2.05, 4.69) is 4.74 Å². The van der Waals surface area contributed by atoms with Crippen LogP contribution in [0.3, 0.4) is 0 Å². The van der Waals surface area contributed by atoms with Gasteiger partial charge in [0, 0.05) is 6.61 Å². The molecule has 4 nitrogen and oxygen atoms in total. The summed E-state index contributed by atoms with van der Waals surface area (Å²) in [6, 6.07) is 4.99. The summed E-state index contributed by atoms with van der Waals surface area (Å²) in [4.78, 5) is 11.2. The number of aliphatic hydroxyl groups excluding tert-OH is 1. The van der Waals surface area contributed by atoms with Crippen LogP contribution in [-0.4, -0.2) is 31.9 Å². The lowest BCUT2D eigenvalue weighted by molar-refractivity contribution is 0.0600. The predicted molar refractivity (Wildman–Crippen MR) is 55.1 cm³/mol. The van der Waals surface area contributed by atoms with Crippen molar-refractivity contribution in [1.82, 2.24) is 0 Å². The smallest absolute Gasteiger partial charge is 0.337 e. The Morgan fingerprint density at radius 1 is 1.40 bits per heavy atom. The highest BCUT2D eigenvalue weighted by Crippen LogP contribution is 2.20. The molecule has 15 heavy (non-hydrogen) atoms. The van der Waals surface area contributed by atoms with Gasteiger partial charge in [-0.25, -0.2) is 4.79 Å². The summed E-state index contributed by atoms with van der Waals surface area (Å²) >= 11 is 0. The minimum absolute atomic E-state index is 0.0149. The summed E-state index contributed by atoms with van der Waals surface area (Å²) in [6.07, 6.45) is 0.452. The Balaban J connectivity index is 3.04. The Bertz CT molecular complexity index is 346. The molecular weight excluding hydrogens is 196 g/mol. The maximum atomic E-state index is 11.2. The van der Waals surface area contributed by atoms with Gasteiger partial charge in [-0.1, -0.05) is 0 Å². The fourth-order valence-corrected chi connectivity index (χ4v) is 1.34. The molecule has 0 heterocycles. The van der Waals surface area contributed by atoms with Crippen LogP contribution in [0.2, 0.25) is 0 Å². The maximum absolute atomic E-state index is 11.2. The van der Waals surface area contributed by atoms with Gasteiger partial charge in [0.1, 0.15) is 5.75 Å². The number of hydrogen-bond donors (Lipinski definition) is 1. The molecule has 0 bridgehead atoms. The van der Waals surface area contributed by atoms with Gasteiger partial charge in [0.2, 0.25) is 0 Å². The number of carbonyl (C=O) groups is 1. The Morgan fingerprint density at radius 3 is 2.67 bits per heavy atom. The first-order valence-electron chi connectivity index (χ1n) is 4.59. The SMILES string of the molecule is COC(=O)c1ccc(OC)c(CCO)c1. The number of ether oxygens (including phenoxy) is 2. The van der Waals surface area contributed by atoms with E-state index >= 15 is 0 Å². The molecule has 1 N–H and O–H groups in total. The van der Waals surface area contributed by atoms with Crippen molar-refractivity contribution >= 4 is 5.97 Å². The molecule has 0 aromatic heterocycles. The fraction of sp³-hybridized carbons (Fsp3) is 0.364. The Labute approximate surface area is 88.4 Å². The molecule has 0 fully saturated rings. The van der Waals surface area contributed by atoms with Crippen molar-refractivity contribution in [1.29, 1.82) is 0 Å². The first-order valence-corrected chi connectivity index (χ1v) is 4.59. The molecule has 1 rings (SSSR count). The van der Waals surface area contributed by atoms with Crippen LogP contribution in [0, 0.1) is 0 Å². The molecule has 1 aromatic rings. The minimum Gasteiger partial charge on any atom is -0.496 e. The van der Waals surface area contributed by atoms with Gasteiger partial charge < -0.3 is 14.6 Å². The molecule has 0 aliphatic rings. The molecule has 0 spiro atoms. The van der Waals surface area contributed by atoms with E-state index in [1.54, 1.807) is 25.3 Å². The van der Waals surface area contributed by atoms with Crippen molar-refractivity contribution in [2.75, 3.05) is 20.8 Å². The van der Waals surface area contributed by atoms with Crippen LogP contribution in [0.5, 0.6) is 5.75 Å². The highest BCUT2D eigenvalue weighted by atomic mass is 16.5. The first-order chi connectivity index (χ1) is 7.22. The van der Waals surface area contributed by atoms with E-state index < -0.39 is 5.97 Å². The summed E-state index contributed by atoms with van der Waals surface area (Å²) in [7, 11) is 2.88. The highest BCUT2D eigenvalue weighted by molar-refractivity contribution is 5.89. The van der Waals surface area contributed by atoms with Crippen LogP contribution < -0.4 is 4.74 Å². The maximum Gasteiger partial charge on any atom is 0.337 e. The summed E-state index contributed by atoms with van der Waals surface area (Å²) < 4.78 is 9.70. The van der Waals surface area contributed by atoms with Gasteiger partial charge in [-0.2, -0.15) is 0 Å². The van der Waals surface area contributed by atoms with Gasteiger partial charge in [0.25, 0.3) is 0 Å². The van der Waals surface area contributed by atoms with E-state index in [-0.39, 0.29) is 6.61 Å². The highest BCUT2D eigenvalue weighted by Gasteiger charge is 2.09. The second-order valence-corrected chi connectivity index (χ2v) is 2.99. The molecule has 0 aliphatic carbocycles. The molecule has 0 unspecified atom stereocenters. The number of carbonyl (C=O) groups excluding carboxylic acids is 1. The molecule has 0 radical (unpaired) electrons. The monoisotopic (exact) mass is 210 g/mol. The van der Waals surface area contributed by atoms with Crippen LogP contribution in [0.4, 0.5) is 0 Å². The van der Waals surface area contributed by atoms with Gasteiger partial charge in [-0.3, -0.25) is 0 Å². The molecule has 0 saturated heterocycles. The third-order valence-electron chi connectivity index (χ3n) is 2.08. The van der Waals surface area contributed by atoms with Crippen molar-refractivity contribution < 1.29 is 19.4 Å². The van der Waals surface area contributed by atoms with Crippen LogP contribution in [0.25, 0.3) is 0 Å². The van der Waals surface area contributed by atoms with Crippen molar-refractivity contribution in [2.24, 2.45) is 0 Å². The Morgan fingerprint density at radius 2 is 2.13 bits per heavy atom. The molecular formula is C11H14O4. The molecule has 0 saturated carbocycles. The fourth-order valence-electron chi connectivity index (χ4n) is 1.34. The van der Waals surface area contributed by atoms with Crippen molar-refractivity contribution in [2.45, 2.75) is 6.42 Å². The second-order valence-electron chi connectivity index (χ2n) is 2.99. The lowest BCUT2D eigenvalue weighted by Crippen LogP contribution is -2.04. The van der Waals surface area contributed by atoms with Gasteiger partial charge in [0.15, 0.2) is 0 Å². The standard InChI is InChI=1S/C11H14O4/c1-14-10-4-3-9(11(13)15-2)7-8(10)5-6-12/h3-4,7,12H,5-6H2,1-2H3. The molecule has 4 heteroatoms. The zero-order valence-electron chi connectivity index (χ0n) is 8.82. The van der Waals surface area contributed by atoms with E-state index in [1.165, 1.54) is 7.11 Å². The third-order valence-corrected chi connectivity index (χ3v) is 2.08. The zero-order valence-corrected chi connectivity index (χ0v) is 8.82. The van der Waals surface area contributed by atoms with Crippen LogP contribution >= 0.6 is 0 Å². The van der Waals surface area contributed by atoms with E-state index in [9.17, 15) is 4.79 Å². The van der Waals surface area contributed by atoms with Crippen molar-refractivity contribution in [3.05, 3.63) is 29.3 Å². The van der Waals surface area contributed by atoms with E-state index in [0.29, 0.717) is 17.7 Å². The van der Waals surface area contributed by atoms with E-state index in [0.717, 1.165) is 5.56 Å². The van der Waals surface area contributed by atoms with Gasteiger partial charge in [-0.05, 0) is 30.2 Å². The van der Waals surface area contributed by atoms with Gasteiger partial charge in [-0.15, -0.1) is 0 Å². The van der Waals surface area contributed by atoms with Gasteiger partial charge in [0.05, 0.1) is 19.8 Å². The number of hydrogen-bond acceptors (Lipinski definition) is 4. The predicted octanol–water partition coefficient (Wildman–Crippen LogP) is 1.02. The van der Waals surface area contributed by atoms with Crippen LogP contribution in [-0.2, 0) is 11.2 Å². The van der Waals surface area contributed by atoms with E-state index in [4.69, 9.17) is 9.84 Å². The average molecular weight is 210 g/mol. The molecule has 0 amide bonds. The average Bonchev–Trinajstić information content (AvgIpc) is 2.28. The summed E-state index contributed by atoms with van der Waals surface area (Å²) in [6.45, 7) is 0.0149. The Hall–Kier alpha value is -1.55. The molecule has 1 aromatic carbocycles. The van der Waals surface area contributed by atoms with Gasteiger partial charge >= 0.3 is 5.97 Å². The van der Waals surface area contributed by atoms with Crippen LogP contribution in [0.15, 0.2) is 18.2 Å². The second kappa shape index (κ2) is 5.36. The van der Waals surface area contributed by atoms with E-state index in [1.807, 2.05) is 0 Å². The number of benzene rings is 1. The molecule has 0 aliphatic heterocycles.